The lowest BCUT2D eigenvalue weighted by atomic mass is 10.2. The number of hydrogen-bond acceptors (Lipinski definition) is 2. The van der Waals surface area contributed by atoms with E-state index in [0.717, 1.165) is 18.3 Å². The number of anilines is 1. The van der Waals surface area contributed by atoms with Crippen LogP contribution in [-0.2, 0) is 0 Å². The molecule has 0 aliphatic carbocycles. The van der Waals surface area contributed by atoms with Gasteiger partial charge in [-0.2, -0.15) is 0 Å². The van der Waals surface area contributed by atoms with Crippen molar-refractivity contribution < 1.29 is 13.6 Å². The summed E-state index contributed by atoms with van der Waals surface area (Å²) in [6.45, 7) is 0. The van der Waals surface area contributed by atoms with Crippen molar-refractivity contribution in [3.8, 4) is 0 Å². The summed E-state index contributed by atoms with van der Waals surface area (Å²) in [5, 5.41) is 2.28. The number of benzene rings is 1. The predicted molar refractivity (Wildman–Crippen MR) is 68.6 cm³/mol. The maximum Gasteiger partial charge on any atom is 0.258 e. The summed E-state index contributed by atoms with van der Waals surface area (Å²) in [6, 6.07) is 4.66. The van der Waals surface area contributed by atoms with Crippen LogP contribution in [0.2, 0.25) is 10.2 Å². The molecule has 0 saturated carbocycles. The number of rotatable bonds is 2. The Morgan fingerprint density at radius 3 is 2.63 bits per heavy atom. The van der Waals surface area contributed by atoms with Crippen LogP contribution in [0.25, 0.3) is 0 Å². The Balaban J connectivity index is 2.28. The lowest BCUT2D eigenvalue weighted by Gasteiger charge is -2.07. The highest BCUT2D eigenvalue weighted by atomic mass is 35.5. The van der Waals surface area contributed by atoms with E-state index in [-0.39, 0.29) is 21.4 Å². The van der Waals surface area contributed by atoms with Gasteiger partial charge in [0.05, 0.1) is 17.4 Å². The first-order chi connectivity index (χ1) is 8.97. The Morgan fingerprint density at radius 1 is 1.21 bits per heavy atom. The van der Waals surface area contributed by atoms with Gasteiger partial charge in [-0.05, 0) is 24.3 Å². The van der Waals surface area contributed by atoms with E-state index >= 15 is 0 Å². The molecule has 98 valence electrons. The third-order valence-corrected chi connectivity index (χ3v) is 2.77. The minimum absolute atomic E-state index is 0.0882. The number of aromatic nitrogens is 1. The summed E-state index contributed by atoms with van der Waals surface area (Å²) < 4.78 is 26.5. The molecule has 2 rings (SSSR count). The van der Waals surface area contributed by atoms with Crippen LogP contribution in [0.3, 0.4) is 0 Å². The van der Waals surface area contributed by atoms with Gasteiger partial charge in [0.1, 0.15) is 16.8 Å². The van der Waals surface area contributed by atoms with E-state index in [4.69, 9.17) is 23.2 Å². The normalized spacial score (nSPS) is 10.3. The molecule has 0 aliphatic heterocycles. The average molecular weight is 303 g/mol. The minimum atomic E-state index is -0.766. The molecule has 2 aromatic rings. The molecular formula is C12H6Cl2F2N2O. The quantitative estimate of drug-likeness (QED) is 0.854. The molecule has 0 radical (unpaired) electrons. The lowest BCUT2D eigenvalue weighted by Crippen LogP contribution is -2.14. The summed E-state index contributed by atoms with van der Waals surface area (Å²) in [6.07, 6.45) is 0.877. The van der Waals surface area contributed by atoms with Crippen LogP contribution in [0.1, 0.15) is 10.4 Å². The van der Waals surface area contributed by atoms with Crippen molar-refractivity contribution in [1.82, 2.24) is 4.98 Å². The molecular weight excluding hydrogens is 297 g/mol. The fourth-order valence-corrected chi connectivity index (χ4v) is 1.71. The van der Waals surface area contributed by atoms with E-state index in [2.05, 4.69) is 10.3 Å². The van der Waals surface area contributed by atoms with Crippen LogP contribution >= 0.6 is 23.2 Å². The third kappa shape index (κ3) is 3.19. The van der Waals surface area contributed by atoms with Crippen molar-refractivity contribution in [3.05, 3.63) is 57.8 Å². The van der Waals surface area contributed by atoms with Crippen LogP contribution in [0.5, 0.6) is 0 Å². The number of nitrogens with one attached hydrogen (secondary N) is 1. The van der Waals surface area contributed by atoms with E-state index < -0.39 is 17.5 Å². The van der Waals surface area contributed by atoms with E-state index in [9.17, 15) is 13.6 Å². The summed E-state index contributed by atoms with van der Waals surface area (Å²) >= 11 is 11.3. The first-order valence-electron chi connectivity index (χ1n) is 5.05. The van der Waals surface area contributed by atoms with Crippen molar-refractivity contribution in [1.29, 1.82) is 0 Å². The molecule has 19 heavy (non-hydrogen) atoms. The smallest absolute Gasteiger partial charge is 0.258 e. The van der Waals surface area contributed by atoms with Gasteiger partial charge in [-0.3, -0.25) is 4.79 Å². The average Bonchev–Trinajstić information content (AvgIpc) is 2.35. The van der Waals surface area contributed by atoms with Gasteiger partial charge < -0.3 is 5.32 Å². The molecule has 1 amide bonds. The maximum absolute atomic E-state index is 13.5. The van der Waals surface area contributed by atoms with Crippen molar-refractivity contribution in [3.63, 3.8) is 0 Å². The Bertz CT molecular complexity index is 650. The van der Waals surface area contributed by atoms with Gasteiger partial charge >= 0.3 is 0 Å². The lowest BCUT2D eigenvalue weighted by molar-refractivity contribution is 0.102. The molecule has 1 heterocycles. The summed E-state index contributed by atoms with van der Waals surface area (Å²) in [4.78, 5) is 15.3. The second-order valence-corrected chi connectivity index (χ2v) is 4.36. The fraction of sp³-hybridized carbons (Fsp3) is 0. The van der Waals surface area contributed by atoms with Gasteiger partial charge in [0.25, 0.3) is 5.91 Å². The molecule has 0 bridgehead atoms. The van der Waals surface area contributed by atoms with E-state index in [1.54, 1.807) is 0 Å². The van der Waals surface area contributed by atoms with E-state index in [1.807, 2.05) is 0 Å². The standard InChI is InChI=1S/C12H6Cl2F2N2O/c13-6-1-2-10(9(16)3-6)18-12(19)8-4-7(15)5-17-11(8)14/h1-5H,(H,18,19). The first-order valence-corrected chi connectivity index (χ1v) is 5.80. The van der Waals surface area contributed by atoms with Gasteiger partial charge in [0.2, 0.25) is 0 Å². The molecule has 0 saturated heterocycles. The van der Waals surface area contributed by atoms with Gasteiger partial charge in [-0.15, -0.1) is 0 Å². The van der Waals surface area contributed by atoms with Crippen molar-refractivity contribution in [2.75, 3.05) is 5.32 Å². The fourth-order valence-electron chi connectivity index (χ4n) is 1.36. The molecule has 1 aromatic heterocycles. The van der Waals surface area contributed by atoms with Crippen LogP contribution in [0.15, 0.2) is 30.5 Å². The minimum Gasteiger partial charge on any atom is -0.319 e. The molecule has 1 N–H and O–H groups in total. The summed E-state index contributed by atoms with van der Waals surface area (Å²) in [5.74, 6) is -2.19. The molecule has 0 unspecified atom stereocenters. The number of nitrogens with zero attached hydrogens (tertiary/aromatic N) is 1. The molecule has 0 spiro atoms. The van der Waals surface area contributed by atoms with Crippen molar-refractivity contribution in [2.24, 2.45) is 0 Å². The second kappa shape index (κ2) is 5.50. The van der Waals surface area contributed by atoms with Crippen molar-refractivity contribution in [2.45, 2.75) is 0 Å². The second-order valence-electron chi connectivity index (χ2n) is 3.57. The van der Waals surface area contributed by atoms with Gasteiger partial charge in [-0.1, -0.05) is 23.2 Å². The summed E-state index contributed by atoms with van der Waals surface area (Å²) in [7, 11) is 0. The largest absolute Gasteiger partial charge is 0.319 e. The zero-order chi connectivity index (χ0) is 14.0. The molecule has 7 heteroatoms. The number of pyridine rings is 1. The van der Waals surface area contributed by atoms with Crippen LogP contribution in [0, 0.1) is 11.6 Å². The van der Waals surface area contributed by atoms with Gasteiger partial charge in [0, 0.05) is 5.02 Å². The molecule has 3 nitrogen and oxygen atoms in total. The number of halogens is 4. The third-order valence-electron chi connectivity index (χ3n) is 2.23. The Labute approximate surface area is 117 Å². The molecule has 0 fully saturated rings. The highest BCUT2D eigenvalue weighted by Gasteiger charge is 2.14. The maximum atomic E-state index is 13.5. The number of carbonyl (C=O) groups is 1. The van der Waals surface area contributed by atoms with Gasteiger partial charge in [0.15, 0.2) is 0 Å². The molecule has 0 aliphatic rings. The van der Waals surface area contributed by atoms with E-state index in [0.29, 0.717) is 0 Å². The Morgan fingerprint density at radius 2 is 1.95 bits per heavy atom. The van der Waals surface area contributed by atoms with E-state index in [1.165, 1.54) is 12.1 Å². The summed E-state index contributed by atoms with van der Waals surface area (Å²) in [5.41, 5.74) is -0.272. The number of amides is 1. The topological polar surface area (TPSA) is 42.0 Å². The van der Waals surface area contributed by atoms with Crippen molar-refractivity contribution >= 4 is 34.8 Å². The van der Waals surface area contributed by atoms with Crippen LogP contribution in [-0.4, -0.2) is 10.9 Å². The molecule has 0 atom stereocenters. The van der Waals surface area contributed by atoms with Crippen LogP contribution in [0.4, 0.5) is 14.5 Å². The SMILES string of the molecule is O=C(Nc1ccc(Cl)cc1F)c1cc(F)cnc1Cl. The van der Waals surface area contributed by atoms with Gasteiger partial charge in [-0.25, -0.2) is 13.8 Å². The zero-order valence-electron chi connectivity index (χ0n) is 9.25. The Hall–Kier alpha value is -1.72. The monoisotopic (exact) mass is 302 g/mol. The highest BCUT2D eigenvalue weighted by molar-refractivity contribution is 6.33. The highest BCUT2D eigenvalue weighted by Crippen LogP contribution is 2.21. The first kappa shape index (κ1) is 13.7. The molecule has 1 aromatic carbocycles. The Kier molecular flexibility index (Phi) is 3.97. The zero-order valence-corrected chi connectivity index (χ0v) is 10.8. The number of carbonyl (C=O) groups excluding carboxylic acids is 1. The predicted octanol–water partition coefficient (Wildman–Crippen LogP) is 3.92. The number of hydrogen-bond donors (Lipinski definition) is 1. The van der Waals surface area contributed by atoms with Crippen LogP contribution < -0.4 is 5.32 Å².